The Bertz CT molecular complexity index is 663. The second kappa shape index (κ2) is 4.38. The summed E-state index contributed by atoms with van der Waals surface area (Å²) in [6.45, 7) is 2.14. The van der Waals surface area contributed by atoms with Crippen LogP contribution in [0.25, 0.3) is 10.9 Å². The number of para-hydroxylation sites is 1. The van der Waals surface area contributed by atoms with Crippen LogP contribution in [0.1, 0.15) is 0 Å². The number of nitrogens with zero attached hydrogens (tertiary/aromatic N) is 2. The zero-order valence-electron chi connectivity index (χ0n) is 9.83. The van der Waals surface area contributed by atoms with E-state index in [1.54, 1.807) is 0 Å². The SMILES string of the molecule is O=S1(=O)NCCN1CCn1[c]cc2ccccc21. The summed E-state index contributed by atoms with van der Waals surface area (Å²) in [7, 11) is -3.24. The lowest BCUT2D eigenvalue weighted by molar-refractivity contribution is 0.428. The van der Waals surface area contributed by atoms with Crippen molar-refractivity contribution in [2.45, 2.75) is 6.54 Å². The summed E-state index contributed by atoms with van der Waals surface area (Å²) in [5.74, 6) is 0. The molecule has 0 saturated carbocycles. The minimum absolute atomic E-state index is 0.477. The van der Waals surface area contributed by atoms with Gasteiger partial charge >= 0.3 is 0 Å². The molecule has 0 atom stereocenters. The lowest BCUT2D eigenvalue weighted by Crippen LogP contribution is -2.32. The molecule has 1 aromatic carbocycles. The highest BCUT2D eigenvalue weighted by molar-refractivity contribution is 7.87. The van der Waals surface area contributed by atoms with Crippen LogP contribution in [0.15, 0.2) is 30.3 Å². The van der Waals surface area contributed by atoms with Crippen molar-refractivity contribution in [3.8, 4) is 0 Å². The first-order valence-corrected chi connectivity index (χ1v) is 7.31. The number of hydrogen-bond acceptors (Lipinski definition) is 2. The van der Waals surface area contributed by atoms with Crippen LogP contribution >= 0.6 is 0 Å². The van der Waals surface area contributed by atoms with E-state index in [2.05, 4.69) is 10.9 Å². The number of hydrogen-bond donors (Lipinski definition) is 1. The van der Waals surface area contributed by atoms with Gasteiger partial charge in [-0.3, -0.25) is 0 Å². The minimum atomic E-state index is -3.24. The van der Waals surface area contributed by atoms with E-state index in [0.29, 0.717) is 26.2 Å². The van der Waals surface area contributed by atoms with E-state index in [4.69, 9.17) is 0 Å². The molecule has 0 unspecified atom stereocenters. The van der Waals surface area contributed by atoms with Crippen LogP contribution < -0.4 is 4.72 Å². The summed E-state index contributed by atoms with van der Waals surface area (Å²) in [6.07, 6.45) is 3.14. The highest BCUT2D eigenvalue weighted by Crippen LogP contribution is 2.15. The topological polar surface area (TPSA) is 54.3 Å². The third kappa shape index (κ3) is 2.03. The van der Waals surface area contributed by atoms with Crippen molar-refractivity contribution in [1.29, 1.82) is 0 Å². The van der Waals surface area contributed by atoms with Crippen LogP contribution in [0.2, 0.25) is 0 Å². The molecule has 1 radical (unpaired) electrons. The first-order chi connectivity index (χ1) is 8.67. The molecular formula is C12H14N3O2S. The average molecular weight is 264 g/mol. The number of aromatic nitrogens is 1. The molecule has 18 heavy (non-hydrogen) atoms. The van der Waals surface area contributed by atoms with E-state index in [0.717, 1.165) is 10.9 Å². The summed E-state index contributed by atoms with van der Waals surface area (Å²) in [5, 5.41) is 1.12. The molecule has 1 fully saturated rings. The second-order valence-electron chi connectivity index (χ2n) is 4.28. The maximum absolute atomic E-state index is 11.6. The first-order valence-electron chi connectivity index (χ1n) is 5.87. The predicted molar refractivity (Wildman–Crippen MR) is 69.3 cm³/mol. The van der Waals surface area contributed by atoms with Gasteiger partial charge in [0.2, 0.25) is 0 Å². The van der Waals surface area contributed by atoms with Crippen molar-refractivity contribution >= 4 is 21.1 Å². The quantitative estimate of drug-likeness (QED) is 0.882. The predicted octanol–water partition coefficient (Wildman–Crippen LogP) is 0.591. The Morgan fingerprint density at radius 3 is 2.89 bits per heavy atom. The third-order valence-electron chi connectivity index (χ3n) is 3.16. The Balaban J connectivity index is 1.78. The molecule has 6 heteroatoms. The van der Waals surface area contributed by atoms with Gasteiger partial charge in [0.25, 0.3) is 10.2 Å². The van der Waals surface area contributed by atoms with Gasteiger partial charge in [0.1, 0.15) is 0 Å². The van der Waals surface area contributed by atoms with Crippen LogP contribution in [0.3, 0.4) is 0 Å². The number of rotatable bonds is 3. The molecule has 2 heterocycles. The monoisotopic (exact) mass is 264 g/mol. The Morgan fingerprint density at radius 2 is 2.11 bits per heavy atom. The Labute approximate surface area is 106 Å². The van der Waals surface area contributed by atoms with E-state index in [-0.39, 0.29) is 0 Å². The minimum Gasteiger partial charge on any atom is -0.338 e. The Hall–Kier alpha value is -1.37. The number of benzene rings is 1. The van der Waals surface area contributed by atoms with Crippen molar-refractivity contribution in [2.24, 2.45) is 0 Å². The number of fused-ring (bicyclic) bond motifs is 1. The Morgan fingerprint density at radius 1 is 1.28 bits per heavy atom. The van der Waals surface area contributed by atoms with E-state index in [1.165, 1.54) is 4.31 Å². The fourth-order valence-corrected chi connectivity index (χ4v) is 3.40. The van der Waals surface area contributed by atoms with Gasteiger partial charge in [-0.15, -0.1) is 0 Å². The molecule has 1 N–H and O–H groups in total. The van der Waals surface area contributed by atoms with E-state index in [1.807, 2.05) is 34.9 Å². The van der Waals surface area contributed by atoms with E-state index < -0.39 is 10.2 Å². The summed E-state index contributed by atoms with van der Waals surface area (Å²) in [6, 6.07) is 9.92. The smallest absolute Gasteiger partial charge is 0.279 e. The van der Waals surface area contributed by atoms with Crippen molar-refractivity contribution < 1.29 is 8.42 Å². The zero-order valence-corrected chi connectivity index (χ0v) is 10.7. The lowest BCUT2D eigenvalue weighted by Gasteiger charge is -2.13. The fourth-order valence-electron chi connectivity index (χ4n) is 2.21. The summed E-state index contributed by atoms with van der Waals surface area (Å²) in [5.41, 5.74) is 1.09. The molecule has 0 bridgehead atoms. The standard InChI is InChI=1S/C12H14N3O2S/c16-18(17)13-6-8-15(18)10-9-14-7-5-11-3-1-2-4-12(11)14/h1-5,13H,6,8-10H2. The molecule has 5 nitrogen and oxygen atoms in total. The van der Waals surface area contributed by atoms with Gasteiger partial charge in [-0.2, -0.15) is 12.7 Å². The van der Waals surface area contributed by atoms with Gasteiger partial charge in [-0.05, 0) is 12.1 Å². The zero-order chi connectivity index (χ0) is 12.6. The van der Waals surface area contributed by atoms with Crippen LogP contribution in [0.5, 0.6) is 0 Å². The fraction of sp³-hybridized carbons (Fsp3) is 0.333. The van der Waals surface area contributed by atoms with Crippen molar-refractivity contribution in [3.05, 3.63) is 36.5 Å². The van der Waals surface area contributed by atoms with Crippen LogP contribution in [-0.4, -0.2) is 36.9 Å². The molecule has 1 aliphatic heterocycles. The molecular weight excluding hydrogens is 250 g/mol. The highest BCUT2D eigenvalue weighted by Gasteiger charge is 2.26. The van der Waals surface area contributed by atoms with Gasteiger partial charge in [-0.1, -0.05) is 18.2 Å². The molecule has 0 aliphatic carbocycles. The molecule has 3 rings (SSSR count). The summed E-state index contributed by atoms with van der Waals surface area (Å²) >= 11 is 0. The summed E-state index contributed by atoms with van der Waals surface area (Å²) in [4.78, 5) is 0. The molecule has 1 saturated heterocycles. The number of nitrogens with one attached hydrogen (secondary N) is 1. The first kappa shape index (κ1) is 11.7. The normalized spacial score (nSPS) is 19.6. The highest BCUT2D eigenvalue weighted by atomic mass is 32.2. The molecule has 1 aromatic heterocycles. The third-order valence-corrected chi connectivity index (χ3v) is 4.78. The van der Waals surface area contributed by atoms with E-state index >= 15 is 0 Å². The van der Waals surface area contributed by atoms with Crippen LogP contribution in [-0.2, 0) is 16.8 Å². The molecule has 2 aromatic rings. The van der Waals surface area contributed by atoms with Gasteiger partial charge in [0, 0.05) is 37.1 Å². The van der Waals surface area contributed by atoms with Crippen LogP contribution in [0, 0.1) is 6.20 Å². The second-order valence-corrected chi connectivity index (χ2v) is 6.04. The van der Waals surface area contributed by atoms with Crippen LogP contribution in [0.4, 0.5) is 0 Å². The van der Waals surface area contributed by atoms with Gasteiger partial charge in [0.15, 0.2) is 0 Å². The maximum Gasteiger partial charge on any atom is 0.279 e. The molecule has 95 valence electrons. The maximum atomic E-state index is 11.6. The largest absolute Gasteiger partial charge is 0.338 e. The molecule has 0 spiro atoms. The van der Waals surface area contributed by atoms with Gasteiger partial charge in [0.05, 0.1) is 6.20 Å². The van der Waals surface area contributed by atoms with Gasteiger partial charge in [-0.25, -0.2) is 4.72 Å². The Kier molecular flexibility index (Phi) is 2.85. The van der Waals surface area contributed by atoms with Crippen molar-refractivity contribution in [3.63, 3.8) is 0 Å². The van der Waals surface area contributed by atoms with E-state index in [9.17, 15) is 8.42 Å². The van der Waals surface area contributed by atoms with Crippen molar-refractivity contribution in [1.82, 2.24) is 13.6 Å². The molecule has 0 amide bonds. The molecule has 1 aliphatic rings. The van der Waals surface area contributed by atoms with Gasteiger partial charge < -0.3 is 4.57 Å². The lowest BCUT2D eigenvalue weighted by atomic mass is 10.2. The summed E-state index contributed by atoms with van der Waals surface area (Å²) < 4.78 is 29.1. The average Bonchev–Trinajstić information content (AvgIpc) is 2.90. The van der Waals surface area contributed by atoms with Crippen molar-refractivity contribution in [2.75, 3.05) is 19.6 Å².